The fourth-order valence-corrected chi connectivity index (χ4v) is 3.48. The Morgan fingerprint density at radius 2 is 1.77 bits per heavy atom. The predicted octanol–water partition coefficient (Wildman–Crippen LogP) is 3.17. The highest BCUT2D eigenvalue weighted by Crippen LogP contribution is 2.22. The Labute approximate surface area is 153 Å². The highest BCUT2D eigenvalue weighted by Gasteiger charge is 2.24. The van der Waals surface area contributed by atoms with Gasteiger partial charge in [-0.3, -0.25) is 9.10 Å². The van der Waals surface area contributed by atoms with Gasteiger partial charge in [0.15, 0.2) is 0 Å². The molecule has 1 amide bonds. The van der Waals surface area contributed by atoms with Crippen LogP contribution in [0.2, 0.25) is 0 Å². The number of carbonyl (C=O) groups is 1. The normalized spacial score (nSPS) is 12.5. The van der Waals surface area contributed by atoms with Crippen molar-refractivity contribution >= 4 is 21.6 Å². The predicted molar refractivity (Wildman–Crippen MR) is 101 cm³/mol. The van der Waals surface area contributed by atoms with E-state index >= 15 is 0 Å². The SMILES string of the molecule is CC[C@@H](NC(=O)CN(c1ccccc1F)S(C)(=O)=O)c1ccc(C)cc1. The zero-order valence-electron chi connectivity index (χ0n) is 15.1. The first-order chi connectivity index (χ1) is 12.2. The van der Waals surface area contributed by atoms with Crippen LogP contribution in [0.5, 0.6) is 0 Å². The van der Waals surface area contributed by atoms with Crippen molar-refractivity contribution in [2.24, 2.45) is 0 Å². The third kappa shape index (κ3) is 5.05. The number of aryl methyl sites for hydroxylation is 1. The Hall–Kier alpha value is -2.41. The number of sulfonamides is 1. The minimum absolute atomic E-state index is 0.145. The molecule has 0 fully saturated rings. The van der Waals surface area contributed by atoms with Gasteiger partial charge in [-0.2, -0.15) is 0 Å². The van der Waals surface area contributed by atoms with Gasteiger partial charge in [0.05, 0.1) is 18.0 Å². The van der Waals surface area contributed by atoms with Gasteiger partial charge < -0.3 is 5.32 Å². The van der Waals surface area contributed by atoms with Crippen molar-refractivity contribution in [2.75, 3.05) is 17.1 Å². The quantitative estimate of drug-likeness (QED) is 0.805. The van der Waals surface area contributed by atoms with Crippen LogP contribution in [0.25, 0.3) is 0 Å². The number of nitrogens with zero attached hydrogens (tertiary/aromatic N) is 1. The van der Waals surface area contributed by atoms with Crippen molar-refractivity contribution < 1.29 is 17.6 Å². The number of benzene rings is 2. The molecule has 7 heteroatoms. The average Bonchev–Trinajstić information content (AvgIpc) is 2.58. The van der Waals surface area contributed by atoms with Gasteiger partial charge in [-0.25, -0.2) is 12.8 Å². The van der Waals surface area contributed by atoms with E-state index in [1.807, 2.05) is 38.1 Å². The number of anilines is 1. The molecular weight excluding hydrogens is 355 g/mol. The monoisotopic (exact) mass is 378 g/mol. The lowest BCUT2D eigenvalue weighted by Gasteiger charge is -2.24. The molecule has 0 bridgehead atoms. The van der Waals surface area contributed by atoms with Crippen LogP contribution < -0.4 is 9.62 Å². The molecule has 0 spiro atoms. The third-order valence-corrected chi connectivity index (χ3v) is 5.16. The highest BCUT2D eigenvalue weighted by molar-refractivity contribution is 7.92. The van der Waals surface area contributed by atoms with Crippen molar-refractivity contribution in [3.8, 4) is 0 Å². The van der Waals surface area contributed by atoms with E-state index in [2.05, 4.69) is 5.32 Å². The summed E-state index contributed by atoms with van der Waals surface area (Å²) in [6, 6.07) is 13.0. The molecule has 0 saturated carbocycles. The lowest BCUT2D eigenvalue weighted by atomic mass is 10.0. The smallest absolute Gasteiger partial charge is 0.241 e. The molecule has 0 aliphatic carbocycles. The lowest BCUT2D eigenvalue weighted by molar-refractivity contribution is -0.120. The van der Waals surface area contributed by atoms with E-state index in [0.29, 0.717) is 6.42 Å². The maximum atomic E-state index is 14.0. The third-order valence-electron chi connectivity index (χ3n) is 4.03. The first-order valence-electron chi connectivity index (χ1n) is 8.30. The number of hydrogen-bond donors (Lipinski definition) is 1. The Kier molecular flexibility index (Phi) is 6.37. The maximum Gasteiger partial charge on any atom is 0.241 e. The minimum Gasteiger partial charge on any atom is -0.348 e. The summed E-state index contributed by atoms with van der Waals surface area (Å²) in [5, 5.41) is 2.83. The van der Waals surface area contributed by atoms with Crippen LogP contribution in [0.4, 0.5) is 10.1 Å². The van der Waals surface area contributed by atoms with Gasteiger partial charge >= 0.3 is 0 Å². The van der Waals surface area contributed by atoms with E-state index in [4.69, 9.17) is 0 Å². The molecule has 5 nitrogen and oxygen atoms in total. The fourth-order valence-electron chi connectivity index (χ4n) is 2.63. The molecule has 0 aliphatic heterocycles. The average molecular weight is 378 g/mol. The van der Waals surface area contributed by atoms with Crippen LogP contribution in [0, 0.1) is 12.7 Å². The number of rotatable bonds is 7. The summed E-state index contributed by atoms with van der Waals surface area (Å²) in [6.07, 6.45) is 1.59. The van der Waals surface area contributed by atoms with Gasteiger partial charge in [0.1, 0.15) is 12.4 Å². The zero-order valence-corrected chi connectivity index (χ0v) is 15.9. The largest absolute Gasteiger partial charge is 0.348 e. The summed E-state index contributed by atoms with van der Waals surface area (Å²) in [7, 11) is -3.82. The molecule has 140 valence electrons. The Bertz CT molecular complexity index is 867. The molecule has 26 heavy (non-hydrogen) atoms. The van der Waals surface area contributed by atoms with Crippen molar-refractivity contribution in [1.29, 1.82) is 0 Å². The molecule has 2 rings (SSSR count). The topological polar surface area (TPSA) is 66.5 Å². The molecule has 0 saturated heterocycles. The second-order valence-electron chi connectivity index (χ2n) is 6.16. The van der Waals surface area contributed by atoms with Crippen LogP contribution in [-0.4, -0.2) is 27.1 Å². The number of para-hydroxylation sites is 1. The molecule has 2 aromatic rings. The van der Waals surface area contributed by atoms with Gasteiger partial charge in [0.25, 0.3) is 0 Å². The zero-order chi connectivity index (χ0) is 19.3. The molecule has 0 unspecified atom stereocenters. The van der Waals surface area contributed by atoms with E-state index in [0.717, 1.165) is 27.8 Å². The van der Waals surface area contributed by atoms with Gasteiger partial charge in [0, 0.05) is 0 Å². The van der Waals surface area contributed by atoms with Crippen LogP contribution in [-0.2, 0) is 14.8 Å². The van der Waals surface area contributed by atoms with Crippen molar-refractivity contribution in [3.05, 3.63) is 65.5 Å². The van der Waals surface area contributed by atoms with Crippen LogP contribution in [0.3, 0.4) is 0 Å². The fraction of sp³-hybridized carbons (Fsp3) is 0.316. The van der Waals surface area contributed by atoms with Crippen molar-refractivity contribution in [1.82, 2.24) is 5.32 Å². The number of carbonyl (C=O) groups excluding carboxylic acids is 1. The van der Waals surface area contributed by atoms with E-state index in [9.17, 15) is 17.6 Å². The Morgan fingerprint density at radius 1 is 1.15 bits per heavy atom. The second-order valence-corrected chi connectivity index (χ2v) is 8.07. The molecule has 0 radical (unpaired) electrons. The van der Waals surface area contributed by atoms with Crippen molar-refractivity contribution in [2.45, 2.75) is 26.3 Å². The number of nitrogens with one attached hydrogen (secondary N) is 1. The first kappa shape index (κ1) is 19.9. The van der Waals surface area contributed by atoms with Crippen LogP contribution >= 0.6 is 0 Å². The Morgan fingerprint density at radius 3 is 2.31 bits per heavy atom. The van der Waals surface area contributed by atoms with Crippen LogP contribution in [0.1, 0.15) is 30.5 Å². The summed E-state index contributed by atoms with van der Waals surface area (Å²) in [5.74, 6) is -1.19. The van der Waals surface area contributed by atoms with Crippen LogP contribution in [0.15, 0.2) is 48.5 Å². The summed E-state index contributed by atoms with van der Waals surface area (Å²) >= 11 is 0. The standard InChI is InChI=1S/C19H23FN2O3S/c1-4-17(15-11-9-14(2)10-12-15)21-19(23)13-22(26(3,24)25)18-8-6-5-7-16(18)20/h5-12,17H,4,13H2,1-3H3,(H,21,23)/t17-/m1/s1. The van der Waals surface area contributed by atoms with Crippen molar-refractivity contribution in [3.63, 3.8) is 0 Å². The highest BCUT2D eigenvalue weighted by atomic mass is 32.2. The van der Waals surface area contributed by atoms with E-state index in [-0.39, 0.29) is 11.7 Å². The van der Waals surface area contributed by atoms with Gasteiger partial charge in [-0.05, 0) is 31.0 Å². The molecule has 0 aliphatic rings. The molecule has 2 aromatic carbocycles. The molecule has 1 atom stereocenters. The Balaban J connectivity index is 2.19. The molecule has 0 aromatic heterocycles. The first-order valence-corrected chi connectivity index (χ1v) is 10.2. The molecule has 0 heterocycles. The lowest BCUT2D eigenvalue weighted by Crippen LogP contribution is -2.41. The summed E-state index contributed by atoms with van der Waals surface area (Å²) in [4.78, 5) is 12.5. The second kappa shape index (κ2) is 8.31. The number of halogens is 1. The van der Waals surface area contributed by atoms with Gasteiger partial charge in [0.2, 0.25) is 15.9 Å². The van der Waals surface area contributed by atoms with E-state index < -0.39 is 28.3 Å². The summed E-state index contributed by atoms with van der Waals surface area (Å²) in [5.41, 5.74) is 1.90. The summed E-state index contributed by atoms with van der Waals surface area (Å²) in [6.45, 7) is 3.42. The van der Waals surface area contributed by atoms with E-state index in [1.54, 1.807) is 0 Å². The number of amides is 1. The maximum absolute atomic E-state index is 14.0. The van der Waals surface area contributed by atoms with E-state index in [1.165, 1.54) is 18.2 Å². The van der Waals surface area contributed by atoms with Gasteiger partial charge in [-0.1, -0.05) is 48.9 Å². The number of hydrogen-bond acceptors (Lipinski definition) is 3. The van der Waals surface area contributed by atoms with Gasteiger partial charge in [-0.15, -0.1) is 0 Å². The summed E-state index contributed by atoms with van der Waals surface area (Å²) < 4.78 is 38.9. The molecular formula is C19H23FN2O3S. The minimum atomic E-state index is -3.82. The molecule has 1 N–H and O–H groups in total.